The Bertz CT molecular complexity index is 5990. The van der Waals surface area contributed by atoms with Gasteiger partial charge in [0.25, 0.3) is 6.71 Å². The first kappa shape index (κ1) is 47.5. The summed E-state index contributed by atoms with van der Waals surface area (Å²) < 4.78 is 79.5. The first-order chi connectivity index (χ1) is 48.7. The van der Waals surface area contributed by atoms with Crippen LogP contribution < -0.4 is 26.2 Å². The number of rotatable bonds is 8. The molecule has 7 heteroatoms. The molecule has 0 unspecified atom stereocenters. The molecule has 0 amide bonds. The zero-order valence-corrected chi connectivity index (χ0v) is 52.3. The van der Waals surface area contributed by atoms with E-state index in [0.29, 0.717) is 17.1 Å². The fourth-order valence-corrected chi connectivity index (χ4v) is 14.4. The van der Waals surface area contributed by atoms with E-state index in [1.807, 2.05) is 66.7 Å². The number of hydrogen-bond acceptors (Lipinski definition) is 4. The van der Waals surface area contributed by atoms with Crippen LogP contribution in [0.5, 0.6) is 0 Å². The Morgan fingerprint density at radius 2 is 0.903 bits per heavy atom. The number of anilines is 6. The van der Waals surface area contributed by atoms with Crippen LogP contribution in [0.1, 0.15) is 69.2 Å². The van der Waals surface area contributed by atoms with Crippen LogP contribution in [-0.4, -0.2) is 20.8 Å². The van der Waals surface area contributed by atoms with E-state index in [1.54, 1.807) is 4.57 Å². The number of aromatic nitrogens is 3. The normalized spacial score (nSPS) is 14.0. The van der Waals surface area contributed by atoms with Crippen LogP contribution in [0.25, 0.3) is 99.8 Å². The molecule has 0 saturated heterocycles. The first-order valence-electron chi connectivity index (χ1n) is 35.6. The van der Waals surface area contributed by atoms with Crippen LogP contribution in [0.2, 0.25) is 0 Å². The summed E-state index contributed by atoms with van der Waals surface area (Å²) in [7, 11) is 0. The van der Waals surface area contributed by atoms with Crippen LogP contribution in [0.3, 0.4) is 0 Å². The molecule has 0 spiro atoms. The maximum absolute atomic E-state index is 10.2. The SMILES string of the molecule is [2H]c1c([2H])c([2H])c2c(c1[2H])c1c([2H])c([2H])c([2H])c([2H])c1n2-c1cc2c3c(c1)N(c1ccc(C(C)(C)C)cc1-c1ccccc1)c1ccc(-c4ccccc4)cc1B3c1cc(-c3cccc(-n4c5ccc(C#N)cc5c5cc(C(C)(C)C)ccc54)n3)ccc1N2c1ccccc1-c1ccccc1. The second-order valence-corrected chi connectivity index (χ2v) is 26.5. The Morgan fingerprint density at radius 3 is 1.54 bits per heavy atom. The van der Waals surface area contributed by atoms with Gasteiger partial charge in [0.15, 0.2) is 0 Å². The van der Waals surface area contributed by atoms with Crippen LogP contribution in [0.15, 0.2) is 285 Å². The minimum absolute atomic E-state index is 0.00944. The predicted octanol–water partition coefficient (Wildman–Crippen LogP) is 20.5. The maximum atomic E-state index is 10.2. The number of nitrogens with zero attached hydrogens (tertiary/aromatic N) is 6. The summed E-state index contributed by atoms with van der Waals surface area (Å²) in [6.07, 6.45) is 0. The van der Waals surface area contributed by atoms with E-state index in [0.717, 1.165) is 123 Å². The third-order valence-corrected chi connectivity index (χ3v) is 18.9. The lowest BCUT2D eigenvalue weighted by Gasteiger charge is -2.45. The van der Waals surface area contributed by atoms with Crippen LogP contribution in [-0.2, 0) is 10.8 Å². The van der Waals surface area contributed by atoms with Crippen LogP contribution in [0, 0.1) is 11.3 Å². The van der Waals surface area contributed by atoms with E-state index in [9.17, 15) is 13.5 Å². The van der Waals surface area contributed by atoms with Crippen molar-refractivity contribution < 1.29 is 11.0 Å². The smallest absolute Gasteiger partial charge is 0.252 e. The second kappa shape index (κ2) is 21.3. The van der Waals surface area contributed by atoms with E-state index in [4.69, 9.17) is 7.73 Å². The summed E-state index contributed by atoms with van der Waals surface area (Å²) in [6, 6.07) is 81.1. The lowest BCUT2D eigenvalue weighted by atomic mass is 9.33. The molecule has 17 rings (SSSR count). The molecule has 3 aromatic heterocycles. The highest BCUT2D eigenvalue weighted by atomic mass is 15.2. The zero-order valence-electron chi connectivity index (χ0n) is 60.3. The highest BCUT2D eigenvalue weighted by Gasteiger charge is 2.45. The molecule has 0 aliphatic carbocycles. The Hall–Kier alpha value is -11.5. The number of hydrogen-bond donors (Lipinski definition) is 0. The van der Waals surface area contributed by atoms with Gasteiger partial charge in [0.2, 0.25) is 0 Å². The van der Waals surface area contributed by atoms with Crippen molar-refractivity contribution in [2.45, 2.75) is 52.4 Å². The third kappa shape index (κ3) is 9.03. The van der Waals surface area contributed by atoms with Crippen molar-refractivity contribution in [1.82, 2.24) is 14.1 Å². The van der Waals surface area contributed by atoms with Crippen molar-refractivity contribution in [3.63, 3.8) is 0 Å². The molecule has 5 heterocycles. The third-order valence-electron chi connectivity index (χ3n) is 18.9. The second-order valence-electron chi connectivity index (χ2n) is 26.5. The monoisotopic (exact) mass is 1200 g/mol. The van der Waals surface area contributed by atoms with Crippen LogP contribution >= 0.6 is 0 Å². The Labute approximate surface area is 554 Å². The van der Waals surface area contributed by atoms with Crippen molar-refractivity contribution in [3.05, 3.63) is 302 Å². The van der Waals surface area contributed by atoms with Gasteiger partial charge in [-0.05, 0) is 163 Å². The molecule has 2 aliphatic rings. The summed E-state index contributed by atoms with van der Waals surface area (Å²) in [6.45, 7) is 12.8. The van der Waals surface area contributed by atoms with Crippen molar-refractivity contribution in [3.8, 4) is 62.2 Å². The maximum Gasteiger partial charge on any atom is 0.252 e. The van der Waals surface area contributed by atoms with Gasteiger partial charge in [-0.3, -0.25) is 4.57 Å². The molecule has 0 fully saturated rings. The topological polar surface area (TPSA) is 53.0 Å². The lowest BCUT2D eigenvalue weighted by molar-refractivity contribution is 0.590. The minimum Gasteiger partial charge on any atom is -0.311 e. The Kier molecular flexibility index (Phi) is 10.9. The number of nitriles is 1. The van der Waals surface area contributed by atoms with Gasteiger partial charge in [-0.25, -0.2) is 4.98 Å². The van der Waals surface area contributed by atoms with Crippen LogP contribution in [0.4, 0.5) is 34.1 Å². The number of pyridine rings is 1. The number of benzene rings is 12. The van der Waals surface area contributed by atoms with Crippen molar-refractivity contribution in [1.29, 1.82) is 5.26 Å². The molecule has 2 aliphatic heterocycles. The largest absolute Gasteiger partial charge is 0.311 e. The lowest BCUT2D eigenvalue weighted by Crippen LogP contribution is -2.61. The highest BCUT2D eigenvalue weighted by molar-refractivity contribution is 7.00. The molecule has 0 bridgehead atoms. The average molecular weight is 1200 g/mol. The Morgan fingerprint density at radius 1 is 0.387 bits per heavy atom. The molecule has 15 aromatic rings. The molecule has 442 valence electrons. The molecule has 0 N–H and O–H groups in total. The fraction of sp³-hybridized carbons (Fsp3) is 0.0930. The summed E-state index contributed by atoms with van der Waals surface area (Å²) in [5.74, 6) is 0.713. The first-order valence-corrected chi connectivity index (χ1v) is 31.6. The van der Waals surface area contributed by atoms with E-state index in [-0.39, 0.29) is 44.7 Å². The summed E-state index contributed by atoms with van der Waals surface area (Å²) >= 11 is 0. The van der Waals surface area contributed by atoms with Crippen molar-refractivity contribution in [2.75, 3.05) is 9.80 Å². The summed E-state index contributed by atoms with van der Waals surface area (Å²) in [5, 5.41) is 12.2. The van der Waals surface area contributed by atoms with Gasteiger partial charge in [-0.15, -0.1) is 0 Å². The molecule has 0 saturated carbocycles. The highest BCUT2D eigenvalue weighted by Crippen LogP contribution is 2.51. The molecular formula is C86H65BN6. The molecule has 0 atom stereocenters. The van der Waals surface area contributed by atoms with E-state index >= 15 is 0 Å². The van der Waals surface area contributed by atoms with E-state index in [2.05, 4.69) is 232 Å². The van der Waals surface area contributed by atoms with Gasteiger partial charge in [0, 0.05) is 55.4 Å². The van der Waals surface area contributed by atoms with Gasteiger partial charge in [-0.1, -0.05) is 229 Å². The van der Waals surface area contributed by atoms with Crippen molar-refractivity contribution in [2.24, 2.45) is 0 Å². The summed E-state index contributed by atoms with van der Waals surface area (Å²) in [5.41, 5.74) is 20.2. The van der Waals surface area contributed by atoms with Gasteiger partial charge in [0.05, 0.1) is 67.4 Å². The minimum atomic E-state index is -0.521. The summed E-state index contributed by atoms with van der Waals surface area (Å²) in [4.78, 5) is 10.3. The Balaban J connectivity index is 1.02. The van der Waals surface area contributed by atoms with Gasteiger partial charge in [-0.2, -0.15) is 5.26 Å². The molecular weight excluding hydrogens is 1130 g/mol. The fourth-order valence-electron chi connectivity index (χ4n) is 14.4. The van der Waals surface area contributed by atoms with E-state index in [1.165, 1.54) is 5.56 Å². The number of fused-ring (bicyclic) bond motifs is 10. The van der Waals surface area contributed by atoms with Gasteiger partial charge >= 0.3 is 0 Å². The molecule has 0 radical (unpaired) electrons. The quantitative estimate of drug-likeness (QED) is 0.142. The van der Waals surface area contributed by atoms with E-state index < -0.39 is 43.0 Å². The predicted molar refractivity (Wildman–Crippen MR) is 391 cm³/mol. The average Bonchev–Trinajstić information content (AvgIpc) is 1.58. The van der Waals surface area contributed by atoms with Gasteiger partial charge < -0.3 is 14.4 Å². The molecule has 93 heavy (non-hydrogen) atoms. The van der Waals surface area contributed by atoms with Crippen molar-refractivity contribution >= 4 is 101 Å². The number of para-hydroxylation sites is 3. The standard InChI is InChI=1S/C86H65BN6/c1-85(2,3)61-40-45-76(67(50-61)58-27-14-9-15-28-58)92-79-43-38-59(56-23-10-7-11-24-56)48-70(79)87-71-49-60(72-32-22-36-83(89-72)93-77-42-37-55(54-88)47-68(77)69-51-62(86(4,5)6)41-46-78(69)93)39-44-80(71)91(73-33-19-16-29-64(73)57-25-12-8-13-26-57)81-52-63(53-82(92)84(81)87)90-74-34-20-17-30-65(74)66-31-18-21-35-75(66)90/h7-53H,1-6H3/i17D,18D,20D,21D,30D,31D,34D,35D. The molecule has 12 aromatic carbocycles. The molecule has 6 nitrogen and oxygen atoms in total. The van der Waals surface area contributed by atoms with Gasteiger partial charge in [0.1, 0.15) is 5.82 Å². The zero-order chi connectivity index (χ0) is 69.8.